The standard InChI is InChI=1S/C5H5IN2S/c6-4-1-3(2-7)5(8)9-4/h1-2,7H,8H2. The molecule has 0 aromatic carbocycles. The number of nitrogen functional groups attached to an aromatic ring is 1. The van der Waals surface area contributed by atoms with E-state index in [4.69, 9.17) is 11.1 Å². The lowest BCUT2D eigenvalue weighted by atomic mass is 10.3. The lowest BCUT2D eigenvalue weighted by Gasteiger charge is -1.82. The Balaban J connectivity index is 3.15. The third-order valence-electron chi connectivity index (χ3n) is 0.916. The number of nitrogens with one attached hydrogen (secondary N) is 1. The first kappa shape index (κ1) is 7.01. The van der Waals surface area contributed by atoms with Crippen LogP contribution in [0.3, 0.4) is 0 Å². The van der Waals surface area contributed by atoms with Crippen LogP contribution in [0.15, 0.2) is 6.07 Å². The first-order chi connectivity index (χ1) is 4.24. The number of thiophene rings is 1. The fourth-order valence-corrected chi connectivity index (χ4v) is 2.18. The first-order valence-corrected chi connectivity index (χ1v) is 4.19. The van der Waals surface area contributed by atoms with Crippen LogP contribution in [0.5, 0.6) is 0 Å². The van der Waals surface area contributed by atoms with Gasteiger partial charge in [-0.2, -0.15) is 0 Å². The molecule has 1 heterocycles. The fraction of sp³-hybridized carbons (Fsp3) is 0. The molecule has 0 fully saturated rings. The minimum atomic E-state index is 0.731. The summed E-state index contributed by atoms with van der Waals surface area (Å²) in [4.78, 5) is 0. The molecule has 0 unspecified atom stereocenters. The quantitative estimate of drug-likeness (QED) is 0.582. The first-order valence-electron chi connectivity index (χ1n) is 2.29. The Bertz CT molecular complexity index is 231. The van der Waals surface area contributed by atoms with Gasteiger partial charge >= 0.3 is 0 Å². The summed E-state index contributed by atoms with van der Waals surface area (Å²) >= 11 is 3.69. The van der Waals surface area contributed by atoms with E-state index in [1.165, 1.54) is 17.6 Å². The van der Waals surface area contributed by atoms with Gasteiger partial charge in [0.1, 0.15) is 0 Å². The fourth-order valence-electron chi connectivity index (χ4n) is 0.500. The highest BCUT2D eigenvalue weighted by Crippen LogP contribution is 2.24. The average molecular weight is 252 g/mol. The number of nitrogens with two attached hydrogens (primary N) is 1. The molecule has 3 N–H and O–H groups in total. The van der Waals surface area contributed by atoms with E-state index in [2.05, 4.69) is 22.6 Å². The Labute approximate surface area is 70.7 Å². The van der Waals surface area contributed by atoms with Gasteiger partial charge in [-0.25, -0.2) is 0 Å². The van der Waals surface area contributed by atoms with E-state index in [9.17, 15) is 0 Å². The summed E-state index contributed by atoms with van der Waals surface area (Å²) in [6.45, 7) is 0. The highest BCUT2D eigenvalue weighted by molar-refractivity contribution is 14.1. The van der Waals surface area contributed by atoms with Gasteiger partial charge in [-0.3, -0.25) is 0 Å². The molecular formula is C5H5IN2S. The van der Waals surface area contributed by atoms with E-state index >= 15 is 0 Å². The van der Waals surface area contributed by atoms with Crippen molar-refractivity contribution in [2.75, 3.05) is 5.73 Å². The van der Waals surface area contributed by atoms with Crippen molar-refractivity contribution in [1.82, 2.24) is 0 Å². The Morgan fingerprint density at radius 1 is 1.78 bits per heavy atom. The summed E-state index contributed by atoms with van der Waals surface area (Å²) in [7, 11) is 0. The summed E-state index contributed by atoms with van der Waals surface area (Å²) in [6, 6.07) is 1.90. The number of hydrogen-bond acceptors (Lipinski definition) is 3. The third kappa shape index (κ3) is 1.42. The van der Waals surface area contributed by atoms with Crippen LogP contribution in [0.25, 0.3) is 0 Å². The smallest absolute Gasteiger partial charge is 0.0956 e. The summed E-state index contributed by atoms with van der Waals surface area (Å²) < 4.78 is 1.13. The highest BCUT2D eigenvalue weighted by Gasteiger charge is 1.99. The van der Waals surface area contributed by atoms with Gasteiger partial charge in [-0.15, -0.1) is 11.3 Å². The molecule has 48 valence electrons. The van der Waals surface area contributed by atoms with E-state index in [0.29, 0.717) is 0 Å². The molecule has 1 rings (SSSR count). The second kappa shape index (κ2) is 2.66. The van der Waals surface area contributed by atoms with Crippen LogP contribution in [-0.2, 0) is 0 Å². The van der Waals surface area contributed by atoms with Crippen molar-refractivity contribution in [1.29, 1.82) is 5.41 Å². The molecule has 0 saturated heterocycles. The maximum atomic E-state index is 6.90. The summed E-state index contributed by atoms with van der Waals surface area (Å²) in [6.07, 6.45) is 1.27. The topological polar surface area (TPSA) is 49.9 Å². The zero-order valence-corrected chi connectivity index (χ0v) is 7.49. The second-order valence-electron chi connectivity index (χ2n) is 1.51. The van der Waals surface area contributed by atoms with Gasteiger partial charge in [0.2, 0.25) is 0 Å². The molecule has 0 amide bonds. The molecule has 1 aromatic rings. The number of rotatable bonds is 1. The molecule has 0 saturated carbocycles. The minimum Gasteiger partial charge on any atom is -0.390 e. The average Bonchev–Trinajstić information content (AvgIpc) is 2.10. The monoisotopic (exact) mass is 252 g/mol. The Morgan fingerprint density at radius 2 is 2.44 bits per heavy atom. The highest BCUT2D eigenvalue weighted by atomic mass is 127. The molecule has 0 aliphatic carbocycles. The molecule has 9 heavy (non-hydrogen) atoms. The van der Waals surface area contributed by atoms with E-state index in [1.54, 1.807) is 0 Å². The second-order valence-corrected chi connectivity index (χ2v) is 4.49. The molecule has 0 radical (unpaired) electrons. The summed E-state index contributed by atoms with van der Waals surface area (Å²) in [5.74, 6) is 0. The van der Waals surface area contributed by atoms with Crippen LogP contribution in [0.1, 0.15) is 5.56 Å². The van der Waals surface area contributed by atoms with E-state index in [0.717, 1.165) is 13.4 Å². The predicted octanol–water partition coefficient (Wildman–Crippen LogP) is 1.93. The predicted molar refractivity (Wildman–Crippen MR) is 49.3 cm³/mol. The summed E-state index contributed by atoms with van der Waals surface area (Å²) in [5, 5.41) is 7.63. The van der Waals surface area contributed by atoms with Crippen molar-refractivity contribution in [2.24, 2.45) is 0 Å². The molecule has 0 spiro atoms. The van der Waals surface area contributed by atoms with Crippen LogP contribution in [-0.4, -0.2) is 6.21 Å². The summed E-state index contributed by atoms with van der Waals surface area (Å²) in [5.41, 5.74) is 6.34. The van der Waals surface area contributed by atoms with E-state index in [-0.39, 0.29) is 0 Å². The molecule has 0 atom stereocenters. The van der Waals surface area contributed by atoms with E-state index in [1.807, 2.05) is 6.07 Å². The molecule has 0 aliphatic rings. The molecule has 0 bridgehead atoms. The van der Waals surface area contributed by atoms with Crippen LogP contribution in [0, 0.1) is 8.29 Å². The Kier molecular flexibility index (Phi) is 2.07. The van der Waals surface area contributed by atoms with Gasteiger partial charge in [-0.05, 0) is 28.7 Å². The van der Waals surface area contributed by atoms with Crippen molar-refractivity contribution in [3.8, 4) is 0 Å². The van der Waals surface area contributed by atoms with Gasteiger partial charge in [0.25, 0.3) is 0 Å². The maximum absolute atomic E-state index is 6.90. The Hall–Kier alpha value is -0.100. The molecule has 4 heteroatoms. The zero-order chi connectivity index (χ0) is 6.85. The van der Waals surface area contributed by atoms with Gasteiger partial charge in [-0.1, -0.05) is 0 Å². The van der Waals surface area contributed by atoms with Crippen LogP contribution < -0.4 is 5.73 Å². The number of halogens is 1. The van der Waals surface area contributed by atoms with Crippen LogP contribution in [0.2, 0.25) is 0 Å². The number of anilines is 1. The maximum Gasteiger partial charge on any atom is 0.0956 e. The van der Waals surface area contributed by atoms with Crippen LogP contribution >= 0.6 is 33.9 Å². The van der Waals surface area contributed by atoms with E-state index < -0.39 is 0 Å². The van der Waals surface area contributed by atoms with Crippen LogP contribution in [0.4, 0.5) is 5.00 Å². The molecule has 0 aliphatic heterocycles. The van der Waals surface area contributed by atoms with Crippen molar-refractivity contribution in [3.63, 3.8) is 0 Å². The Morgan fingerprint density at radius 3 is 2.67 bits per heavy atom. The molecular weight excluding hydrogens is 247 g/mol. The third-order valence-corrected chi connectivity index (χ3v) is 2.66. The molecule has 1 aromatic heterocycles. The normalized spacial score (nSPS) is 9.44. The minimum absolute atomic E-state index is 0.731. The van der Waals surface area contributed by atoms with Gasteiger partial charge in [0.05, 0.1) is 7.88 Å². The van der Waals surface area contributed by atoms with Crippen molar-refractivity contribution < 1.29 is 0 Å². The van der Waals surface area contributed by atoms with Crippen molar-refractivity contribution in [3.05, 3.63) is 14.5 Å². The number of hydrogen-bond donors (Lipinski definition) is 2. The lowest BCUT2D eigenvalue weighted by molar-refractivity contribution is 1.56. The van der Waals surface area contributed by atoms with Gasteiger partial charge in [0.15, 0.2) is 0 Å². The zero-order valence-electron chi connectivity index (χ0n) is 4.52. The largest absolute Gasteiger partial charge is 0.390 e. The van der Waals surface area contributed by atoms with Gasteiger partial charge < -0.3 is 11.1 Å². The lowest BCUT2D eigenvalue weighted by Crippen LogP contribution is -1.83. The molecule has 2 nitrogen and oxygen atoms in total. The van der Waals surface area contributed by atoms with Gasteiger partial charge in [0, 0.05) is 11.8 Å². The SMILES string of the molecule is N=Cc1cc(I)sc1N. The van der Waals surface area contributed by atoms with Crippen molar-refractivity contribution in [2.45, 2.75) is 0 Å². The van der Waals surface area contributed by atoms with Crippen molar-refractivity contribution >= 4 is 45.1 Å².